The summed E-state index contributed by atoms with van der Waals surface area (Å²) in [4.78, 5) is 13.0. The second-order valence-electron chi connectivity index (χ2n) is 4.50. The summed E-state index contributed by atoms with van der Waals surface area (Å²) in [5.74, 6) is -1.18. The minimum atomic E-state index is -0.772. The molecule has 1 N–H and O–H groups in total. The highest BCUT2D eigenvalue weighted by atomic mass is 16.5. The van der Waals surface area contributed by atoms with E-state index in [1.54, 1.807) is 0 Å². The Balaban J connectivity index is 2.22. The number of carboxylic acid groups (broad SMARTS) is 1. The fourth-order valence-corrected chi connectivity index (χ4v) is 1.94. The lowest BCUT2D eigenvalue weighted by molar-refractivity contribution is -0.143. The molecule has 0 amide bonds. The highest BCUT2D eigenvalue weighted by Gasteiger charge is 2.36. The van der Waals surface area contributed by atoms with Crippen molar-refractivity contribution in [2.75, 3.05) is 40.0 Å². The Morgan fingerprint density at radius 2 is 2.24 bits per heavy atom. The molecule has 0 radical (unpaired) electrons. The van der Waals surface area contributed by atoms with Crippen molar-refractivity contribution in [1.29, 1.82) is 0 Å². The van der Waals surface area contributed by atoms with Gasteiger partial charge in [0.25, 0.3) is 0 Å². The lowest BCUT2D eigenvalue weighted by Gasteiger charge is -2.25. The van der Waals surface area contributed by atoms with Crippen LogP contribution in [0.25, 0.3) is 0 Å². The van der Waals surface area contributed by atoms with E-state index in [-0.39, 0.29) is 6.04 Å². The van der Waals surface area contributed by atoms with Gasteiger partial charge in [-0.2, -0.15) is 0 Å². The number of aliphatic carboxylic acids is 1. The van der Waals surface area contributed by atoms with Crippen molar-refractivity contribution in [1.82, 2.24) is 4.90 Å². The molecular weight excluding hydrogens is 222 g/mol. The van der Waals surface area contributed by atoms with Crippen molar-refractivity contribution in [2.45, 2.75) is 25.8 Å². The second kappa shape index (κ2) is 7.63. The molecule has 100 valence electrons. The molecule has 0 aromatic rings. The maximum Gasteiger partial charge on any atom is 0.310 e. The van der Waals surface area contributed by atoms with Gasteiger partial charge < -0.3 is 14.6 Å². The number of ether oxygens (including phenoxy) is 2. The van der Waals surface area contributed by atoms with E-state index in [1.165, 1.54) is 0 Å². The van der Waals surface area contributed by atoms with Crippen molar-refractivity contribution in [2.24, 2.45) is 5.92 Å². The Morgan fingerprint density at radius 3 is 2.88 bits per heavy atom. The van der Waals surface area contributed by atoms with Crippen molar-refractivity contribution in [3.05, 3.63) is 0 Å². The molecule has 0 aromatic heterocycles. The van der Waals surface area contributed by atoms with Gasteiger partial charge in [-0.1, -0.05) is 13.3 Å². The van der Waals surface area contributed by atoms with Crippen molar-refractivity contribution in [3.8, 4) is 0 Å². The molecule has 0 aromatic carbocycles. The number of carbonyl (C=O) groups is 1. The van der Waals surface area contributed by atoms with Crippen LogP contribution in [0.5, 0.6) is 0 Å². The maximum atomic E-state index is 11.0. The topological polar surface area (TPSA) is 59.0 Å². The first-order valence-electron chi connectivity index (χ1n) is 6.25. The third-order valence-electron chi connectivity index (χ3n) is 3.16. The molecule has 0 saturated carbocycles. The molecule has 1 aliphatic heterocycles. The number of nitrogens with zero attached hydrogens (tertiary/aromatic N) is 1. The number of hydrogen-bond acceptors (Lipinski definition) is 4. The zero-order chi connectivity index (χ0) is 12.7. The Hall–Kier alpha value is -0.650. The monoisotopic (exact) mass is 245 g/mol. The molecule has 5 nitrogen and oxygen atoms in total. The average molecular weight is 245 g/mol. The predicted molar refractivity (Wildman–Crippen MR) is 64.1 cm³/mol. The smallest absolute Gasteiger partial charge is 0.310 e. The molecule has 1 rings (SSSR count). The van der Waals surface area contributed by atoms with Gasteiger partial charge in [0.1, 0.15) is 0 Å². The van der Waals surface area contributed by atoms with Gasteiger partial charge in [0, 0.05) is 19.2 Å². The molecule has 2 unspecified atom stereocenters. The van der Waals surface area contributed by atoms with Gasteiger partial charge in [0.05, 0.1) is 25.7 Å². The Morgan fingerprint density at radius 1 is 1.47 bits per heavy atom. The molecule has 1 aliphatic rings. The normalized spacial score (nSPS) is 24.4. The first-order valence-corrected chi connectivity index (χ1v) is 6.25. The van der Waals surface area contributed by atoms with E-state index >= 15 is 0 Å². The molecule has 1 heterocycles. The molecule has 0 aliphatic carbocycles. The van der Waals surface area contributed by atoms with Crippen molar-refractivity contribution in [3.63, 3.8) is 0 Å². The number of rotatable bonds is 8. The zero-order valence-electron chi connectivity index (χ0n) is 10.7. The van der Waals surface area contributed by atoms with Gasteiger partial charge in [-0.25, -0.2) is 0 Å². The first kappa shape index (κ1) is 14.4. The average Bonchev–Trinajstić information content (AvgIpc) is 2.77. The summed E-state index contributed by atoms with van der Waals surface area (Å²) in [5, 5.41) is 9.04. The van der Waals surface area contributed by atoms with Crippen molar-refractivity contribution >= 4 is 5.97 Å². The number of carboxylic acids is 1. The van der Waals surface area contributed by atoms with Crippen molar-refractivity contribution < 1.29 is 19.4 Å². The standard InChI is InChI=1S/C12H23NO4/c1-3-4-6-16-7-5-13(2)11-9-17-8-10(11)12(14)15/h10-11H,3-9H2,1-2H3,(H,14,15). The van der Waals surface area contributed by atoms with Gasteiger partial charge in [-0.3, -0.25) is 9.69 Å². The van der Waals surface area contributed by atoms with Crippen LogP contribution in [-0.4, -0.2) is 62.0 Å². The lowest BCUT2D eigenvalue weighted by Crippen LogP contribution is -2.42. The molecule has 0 bridgehead atoms. The van der Waals surface area contributed by atoms with Gasteiger partial charge in [0.15, 0.2) is 0 Å². The second-order valence-corrected chi connectivity index (χ2v) is 4.50. The quantitative estimate of drug-likeness (QED) is 0.642. The summed E-state index contributed by atoms with van der Waals surface area (Å²) < 4.78 is 10.7. The highest BCUT2D eigenvalue weighted by molar-refractivity contribution is 5.71. The minimum absolute atomic E-state index is 0.0257. The van der Waals surface area contributed by atoms with E-state index < -0.39 is 11.9 Å². The SMILES string of the molecule is CCCCOCCN(C)C1COCC1C(=O)O. The third-order valence-corrected chi connectivity index (χ3v) is 3.16. The van der Waals surface area contributed by atoms with E-state index in [2.05, 4.69) is 6.92 Å². The Kier molecular flexibility index (Phi) is 6.47. The lowest BCUT2D eigenvalue weighted by atomic mass is 10.0. The summed E-state index contributed by atoms with van der Waals surface area (Å²) in [6.45, 7) is 5.14. The van der Waals surface area contributed by atoms with Gasteiger partial charge in [0.2, 0.25) is 0 Å². The molecular formula is C12H23NO4. The Labute approximate surface area is 103 Å². The largest absolute Gasteiger partial charge is 0.481 e. The van der Waals surface area contributed by atoms with Gasteiger partial charge in [-0.05, 0) is 13.5 Å². The summed E-state index contributed by atoms with van der Waals surface area (Å²) >= 11 is 0. The Bertz CT molecular complexity index is 235. The molecule has 17 heavy (non-hydrogen) atoms. The van der Waals surface area contributed by atoms with E-state index in [4.69, 9.17) is 14.6 Å². The van der Waals surface area contributed by atoms with Crippen LogP contribution in [0.2, 0.25) is 0 Å². The number of unbranched alkanes of at least 4 members (excludes halogenated alkanes) is 1. The molecule has 1 fully saturated rings. The van der Waals surface area contributed by atoms with E-state index in [0.717, 1.165) is 26.0 Å². The van der Waals surface area contributed by atoms with Crippen LogP contribution in [0.4, 0.5) is 0 Å². The van der Waals surface area contributed by atoms with Crippen LogP contribution in [0, 0.1) is 5.92 Å². The fraction of sp³-hybridized carbons (Fsp3) is 0.917. The molecule has 0 spiro atoms. The highest BCUT2D eigenvalue weighted by Crippen LogP contribution is 2.18. The van der Waals surface area contributed by atoms with Crippen LogP contribution < -0.4 is 0 Å². The fourth-order valence-electron chi connectivity index (χ4n) is 1.94. The third kappa shape index (κ3) is 4.61. The summed E-state index contributed by atoms with van der Waals surface area (Å²) in [6.07, 6.45) is 2.21. The van der Waals surface area contributed by atoms with Gasteiger partial charge in [-0.15, -0.1) is 0 Å². The summed E-state index contributed by atoms with van der Waals surface area (Å²) in [7, 11) is 1.93. The maximum absolute atomic E-state index is 11.0. The van der Waals surface area contributed by atoms with Crippen LogP contribution >= 0.6 is 0 Å². The summed E-state index contributed by atoms with van der Waals surface area (Å²) in [6, 6.07) is -0.0257. The number of likely N-dealkylation sites (N-methyl/N-ethyl adjacent to an activating group) is 1. The van der Waals surface area contributed by atoms with E-state index in [9.17, 15) is 4.79 Å². The molecule has 1 saturated heterocycles. The van der Waals surface area contributed by atoms with Gasteiger partial charge >= 0.3 is 5.97 Å². The zero-order valence-corrected chi connectivity index (χ0v) is 10.7. The minimum Gasteiger partial charge on any atom is -0.481 e. The van der Waals surface area contributed by atoms with Crippen LogP contribution in [-0.2, 0) is 14.3 Å². The van der Waals surface area contributed by atoms with Crippen LogP contribution in [0.1, 0.15) is 19.8 Å². The van der Waals surface area contributed by atoms with Crippen LogP contribution in [0.15, 0.2) is 0 Å². The van der Waals surface area contributed by atoms with E-state index in [1.807, 2.05) is 11.9 Å². The summed E-state index contributed by atoms with van der Waals surface area (Å²) in [5.41, 5.74) is 0. The predicted octanol–water partition coefficient (Wildman–Crippen LogP) is 0.835. The molecule has 2 atom stereocenters. The van der Waals surface area contributed by atoms with Crippen LogP contribution in [0.3, 0.4) is 0 Å². The molecule has 5 heteroatoms. The van der Waals surface area contributed by atoms with E-state index in [0.29, 0.717) is 19.8 Å². The number of hydrogen-bond donors (Lipinski definition) is 1. The first-order chi connectivity index (χ1) is 8.16.